The molecular formula is C21H21FN4O3S. The molecule has 2 atom stereocenters. The number of thiazole rings is 1. The van der Waals surface area contributed by atoms with Gasteiger partial charge in [-0.05, 0) is 38.0 Å². The number of ether oxygens (including phenoxy) is 1. The Balaban J connectivity index is 0.000000687. The molecule has 1 saturated heterocycles. The van der Waals surface area contributed by atoms with Crippen molar-refractivity contribution in [1.29, 1.82) is 0 Å². The molecule has 0 saturated carbocycles. The van der Waals surface area contributed by atoms with Gasteiger partial charge in [0.25, 0.3) is 6.47 Å². The molecule has 1 fully saturated rings. The van der Waals surface area contributed by atoms with E-state index in [0.717, 1.165) is 52.2 Å². The van der Waals surface area contributed by atoms with E-state index in [1.807, 2.05) is 11.6 Å². The standard InChI is InChI=1S/C20H19FN4OS.CH2O2/c1-12-8-14(4-6-26-12)25-18(10-19-22-5-7-27-19)24-17-11-23-16-3-2-13(21)9-15(16)20(17)25;2-1-3/h2-3,5,7,9,11-12,14H,4,6,8,10H2,1H3;1H,(H,2,3)/t12-,14-;/m1./s1. The second kappa shape index (κ2) is 8.85. The van der Waals surface area contributed by atoms with Crippen molar-refractivity contribution in [2.75, 3.05) is 6.61 Å². The van der Waals surface area contributed by atoms with Crippen LogP contribution in [0.2, 0.25) is 0 Å². The van der Waals surface area contributed by atoms with Gasteiger partial charge in [-0.1, -0.05) is 0 Å². The van der Waals surface area contributed by atoms with Crippen molar-refractivity contribution >= 4 is 39.7 Å². The molecular weight excluding hydrogens is 407 g/mol. The Morgan fingerprint density at radius 1 is 1.37 bits per heavy atom. The molecule has 1 aliphatic rings. The summed E-state index contributed by atoms with van der Waals surface area (Å²) < 4.78 is 22.1. The number of aromatic nitrogens is 4. The smallest absolute Gasteiger partial charge is 0.290 e. The first-order valence-electron chi connectivity index (χ1n) is 9.63. The van der Waals surface area contributed by atoms with Crippen molar-refractivity contribution in [2.45, 2.75) is 38.3 Å². The molecule has 0 spiro atoms. The highest BCUT2D eigenvalue weighted by molar-refractivity contribution is 7.09. The topological polar surface area (TPSA) is 90.1 Å². The minimum Gasteiger partial charge on any atom is -0.483 e. The molecule has 0 amide bonds. The number of carbonyl (C=O) groups is 1. The van der Waals surface area contributed by atoms with Gasteiger partial charge in [-0.15, -0.1) is 11.3 Å². The van der Waals surface area contributed by atoms with E-state index in [0.29, 0.717) is 6.42 Å². The highest BCUT2D eigenvalue weighted by Gasteiger charge is 2.26. The van der Waals surface area contributed by atoms with E-state index in [9.17, 15) is 4.39 Å². The molecule has 0 bridgehead atoms. The molecule has 4 aromatic rings. The zero-order valence-corrected chi connectivity index (χ0v) is 17.2. The van der Waals surface area contributed by atoms with Gasteiger partial charge >= 0.3 is 0 Å². The lowest BCUT2D eigenvalue weighted by molar-refractivity contribution is -0.122. The molecule has 3 aromatic heterocycles. The van der Waals surface area contributed by atoms with Crippen LogP contribution < -0.4 is 0 Å². The van der Waals surface area contributed by atoms with E-state index in [2.05, 4.69) is 21.5 Å². The van der Waals surface area contributed by atoms with Crippen LogP contribution in [0.1, 0.15) is 36.6 Å². The largest absolute Gasteiger partial charge is 0.483 e. The van der Waals surface area contributed by atoms with E-state index in [4.69, 9.17) is 19.6 Å². The molecule has 0 unspecified atom stereocenters. The normalized spacial score (nSPS) is 18.9. The number of pyridine rings is 1. The summed E-state index contributed by atoms with van der Waals surface area (Å²) in [6.45, 7) is 2.57. The maximum absolute atomic E-state index is 14.0. The number of carboxylic acid groups (broad SMARTS) is 1. The minimum atomic E-state index is -0.258. The van der Waals surface area contributed by atoms with Gasteiger partial charge in [-0.3, -0.25) is 9.78 Å². The highest BCUT2D eigenvalue weighted by atomic mass is 32.1. The maximum atomic E-state index is 14.0. The van der Waals surface area contributed by atoms with E-state index in [-0.39, 0.29) is 24.4 Å². The van der Waals surface area contributed by atoms with Gasteiger partial charge in [0.1, 0.15) is 17.2 Å². The summed E-state index contributed by atoms with van der Waals surface area (Å²) in [4.78, 5) is 22.1. The quantitative estimate of drug-likeness (QED) is 0.492. The van der Waals surface area contributed by atoms with Crippen LogP contribution in [0.25, 0.3) is 21.9 Å². The Morgan fingerprint density at radius 3 is 2.93 bits per heavy atom. The summed E-state index contributed by atoms with van der Waals surface area (Å²) in [7, 11) is 0. The monoisotopic (exact) mass is 428 g/mol. The second-order valence-electron chi connectivity index (χ2n) is 7.12. The first-order chi connectivity index (χ1) is 14.6. The molecule has 5 rings (SSSR count). The SMILES string of the molecule is C[C@@H]1C[C@H](n2c(Cc3nccs3)nc3cnc4ccc(F)cc4c32)CCO1.O=CO. The third-order valence-corrected chi connectivity index (χ3v) is 5.95. The van der Waals surface area contributed by atoms with Crippen LogP contribution in [0.3, 0.4) is 0 Å². The van der Waals surface area contributed by atoms with Gasteiger partial charge in [-0.25, -0.2) is 14.4 Å². The third-order valence-electron chi connectivity index (χ3n) is 5.17. The number of halogens is 1. The number of benzene rings is 1. The van der Waals surface area contributed by atoms with Gasteiger partial charge in [-0.2, -0.15) is 0 Å². The summed E-state index contributed by atoms with van der Waals surface area (Å²) in [5, 5.41) is 10.7. The maximum Gasteiger partial charge on any atom is 0.290 e. The molecule has 30 heavy (non-hydrogen) atoms. The van der Waals surface area contributed by atoms with Crippen molar-refractivity contribution in [3.8, 4) is 0 Å². The van der Waals surface area contributed by atoms with Crippen molar-refractivity contribution in [3.63, 3.8) is 0 Å². The van der Waals surface area contributed by atoms with E-state index >= 15 is 0 Å². The van der Waals surface area contributed by atoms with Crippen LogP contribution in [-0.2, 0) is 16.0 Å². The van der Waals surface area contributed by atoms with E-state index < -0.39 is 0 Å². The van der Waals surface area contributed by atoms with Crippen LogP contribution in [-0.4, -0.2) is 43.8 Å². The molecule has 1 aromatic carbocycles. The number of hydrogen-bond acceptors (Lipinski definition) is 6. The first kappa shape index (κ1) is 20.4. The Morgan fingerprint density at radius 2 is 2.20 bits per heavy atom. The van der Waals surface area contributed by atoms with E-state index in [1.54, 1.807) is 29.7 Å². The van der Waals surface area contributed by atoms with Crippen molar-refractivity contribution in [3.05, 3.63) is 52.6 Å². The average molecular weight is 428 g/mol. The van der Waals surface area contributed by atoms with Crippen LogP contribution in [0.15, 0.2) is 36.0 Å². The summed E-state index contributed by atoms with van der Waals surface area (Å²) in [6.07, 6.45) is 6.29. The number of hydrogen-bond donors (Lipinski definition) is 1. The molecule has 4 heterocycles. The molecule has 0 aliphatic carbocycles. The molecule has 7 nitrogen and oxygen atoms in total. The number of imidazole rings is 1. The summed E-state index contributed by atoms with van der Waals surface area (Å²) in [5.74, 6) is 0.698. The number of rotatable bonds is 3. The van der Waals surface area contributed by atoms with Crippen molar-refractivity contribution < 1.29 is 19.0 Å². The Bertz CT molecular complexity index is 1160. The van der Waals surface area contributed by atoms with Crippen molar-refractivity contribution in [2.24, 2.45) is 0 Å². The Labute approximate surface area is 176 Å². The minimum absolute atomic E-state index is 0.193. The Hall–Kier alpha value is -2.91. The zero-order valence-electron chi connectivity index (χ0n) is 16.4. The lowest BCUT2D eigenvalue weighted by Gasteiger charge is -2.30. The summed E-state index contributed by atoms with van der Waals surface area (Å²) >= 11 is 1.62. The van der Waals surface area contributed by atoms with Crippen LogP contribution in [0.5, 0.6) is 0 Å². The van der Waals surface area contributed by atoms with Gasteiger partial charge in [0.2, 0.25) is 0 Å². The molecule has 9 heteroatoms. The summed E-state index contributed by atoms with van der Waals surface area (Å²) in [6, 6.07) is 5.02. The van der Waals surface area contributed by atoms with Crippen molar-refractivity contribution in [1.82, 2.24) is 19.5 Å². The fourth-order valence-corrected chi connectivity index (χ4v) is 4.61. The third kappa shape index (κ3) is 4.03. The molecule has 0 radical (unpaired) electrons. The van der Waals surface area contributed by atoms with Crippen LogP contribution >= 0.6 is 11.3 Å². The van der Waals surface area contributed by atoms with E-state index in [1.165, 1.54) is 6.07 Å². The second-order valence-corrected chi connectivity index (χ2v) is 8.10. The van der Waals surface area contributed by atoms with Crippen LogP contribution in [0.4, 0.5) is 4.39 Å². The lowest BCUT2D eigenvalue weighted by Crippen LogP contribution is -2.26. The number of fused-ring (bicyclic) bond motifs is 3. The van der Waals surface area contributed by atoms with Gasteiger partial charge in [0, 0.05) is 29.6 Å². The predicted octanol–water partition coefficient (Wildman–Crippen LogP) is 4.21. The predicted molar refractivity (Wildman–Crippen MR) is 112 cm³/mol. The van der Waals surface area contributed by atoms with Gasteiger partial charge in [0.15, 0.2) is 0 Å². The lowest BCUT2D eigenvalue weighted by atomic mass is 10.0. The summed E-state index contributed by atoms with van der Waals surface area (Å²) in [5.41, 5.74) is 2.55. The number of nitrogens with zero attached hydrogens (tertiary/aromatic N) is 4. The van der Waals surface area contributed by atoms with Crippen LogP contribution in [0, 0.1) is 5.82 Å². The molecule has 156 valence electrons. The fourth-order valence-electron chi connectivity index (χ4n) is 4.00. The average Bonchev–Trinajstić information content (AvgIpc) is 3.36. The Kier molecular flexibility index (Phi) is 6.01. The molecule has 1 N–H and O–H groups in total. The fraction of sp³-hybridized carbons (Fsp3) is 0.333. The van der Waals surface area contributed by atoms with Gasteiger partial charge < -0.3 is 14.4 Å². The highest BCUT2D eigenvalue weighted by Crippen LogP contribution is 2.34. The first-order valence-corrected chi connectivity index (χ1v) is 10.5. The molecule has 1 aliphatic heterocycles. The zero-order chi connectivity index (χ0) is 21.1. The van der Waals surface area contributed by atoms with Gasteiger partial charge in [0.05, 0.1) is 34.8 Å².